The van der Waals surface area contributed by atoms with Crippen LogP contribution < -0.4 is 15.8 Å². The Morgan fingerprint density at radius 1 is 1.29 bits per heavy atom. The molecule has 5 heteroatoms. The number of hydrogen-bond donors (Lipinski definition) is 2. The molecule has 3 N–H and O–H groups in total. The van der Waals surface area contributed by atoms with Gasteiger partial charge in [0, 0.05) is 23.7 Å². The Labute approximate surface area is 128 Å². The molecule has 0 aliphatic rings. The number of nitrogens with one attached hydrogen (secondary N) is 1. The molecule has 0 saturated heterocycles. The first-order valence-electron chi connectivity index (χ1n) is 6.80. The second-order valence-corrected chi connectivity index (χ2v) is 5.14. The molecule has 2 aromatic rings. The smallest absolute Gasteiger partial charge is 0.167 e. The number of benzene rings is 2. The zero-order valence-electron chi connectivity index (χ0n) is 11.8. The van der Waals surface area contributed by atoms with Gasteiger partial charge in [-0.3, -0.25) is 0 Å². The van der Waals surface area contributed by atoms with Crippen molar-refractivity contribution in [2.45, 2.75) is 19.9 Å². The normalized spacial score (nSPS) is 10.4. The number of halogens is 2. The fraction of sp³-hybridized carbons (Fsp3) is 0.250. The molecule has 0 saturated carbocycles. The minimum absolute atomic E-state index is 0.208. The number of ether oxygens (including phenoxy) is 1. The molecule has 0 aliphatic carbocycles. The molecule has 21 heavy (non-hydrogen) atoms. The summed E-state index contributed by atoms with van der Waals surface area (Å²) in [4.78, 5) is 0. The van der Waals surface area contributed by atoms with Crippen LogP contribution in [0.1, 0.15) is 18.9 Å². The van der Waals surface area contributed by atoms with Crippen LogP contribution in [-0.4, -0.2) is 6.61 Å². The van der Waals surface area contributed by atoms with Crippen molar-refractivity contribution < 1.29 is 9.13 Å². The van der Waals surface area contributed by atoms with E-state index >= 15 is 0 Å². The predicted octanol–water partition coefficient (Wildman–Crippen LogP) is 4.46. The molecule has 0 heterocycles. The Balaban J connectivity index is 2.11. The molecular weight excluding hydrogens is 291 g/mol. The third-order valence-electron chi connectivity index (χ3n) is 2.94. The lowest BCUT2D eigenvalue weighted by atomic mass is 10.2. The van der Waals surface area contributed by atoms with Gasteiger partial charge in [-0.25, -0.2) is 4.39 Å². The van der Waals surface area contributed by atoms with Gasteiger partial charge < -0.3 is 15.8 Å². The van der Waals surface area contributed by atoms with E-state index in [1.165, 1.54) is 6.07 Å². The third-order valence-corrected chi connectivity index (χ3v) is 3.17. The largest absolute Gasteiger partial charge is 0.490 e. The van der Waals surface area contributed by atoms with E-state index in [0.717, 1.165) is 12.0 Å². The number of anilines is 2. The predicted molar refractivity (Wildman–Crippen MR) is 85.4 cm³/mol. The number of rotatable bonds is 6. The van der Waals surface area contributed by atoms with Crippen LogP contribution in [0.5, 0.6) is 5.75 Å². The fourth-order valence-corrected chi connectivity index (χ4v) is 2.10. The number of nitrogen functional groups attached to an aromatic ring is 1. The van der Waals surface area contributed by atoms with Crippen molar-refractivity contribution in [3.8, 4) is 5.75 Å². The summed E-state index contributed by atoms with van der Waals surface area (Å²) in [6.07, 6.45) is 0.815. The van der Waals surface area contributed by atoms with Crippen LogP contribution in [0.25, 0.3) is 0 Å². The molecule has 0 amide bonds. The Morgan fingerprint density at radius 2 is 2.10 bits per heavy atom. The van der Waals surface area contributed by atoms with Crippen molar-refractivity contribution >= 4 is 23.0 Å². The van der Waals surface area contributed by atoms with E-state index in [4.69, 9.17) is 22.1 Å². The Morgan fingerprint density at radius 3 is 2.81 bits per heavy atom. The maximum absolute atomic E-state index is 13.7. The summed E-state index contributed by atoms with van der Waals surface area (Å²) in [6.45, 7) is 2.98. The quantitative estimate of drug-likeness (QED) is 0.774. The Kier molecular flexibility index (Phi) is 5.28. The van der Waals surface area contributed by atoms with Crippen molar-refractivity contribution in [3.05, 3.63) is 52.8 Å². The second-order valence-electron chi connectivity index (χ2n) is 4.70. The van der Waals surface area contributed by atoms with Crippen LogP contribution in [0.3, 0.4) is 0 Å². The maximum atomic E-state index is 13.7. The van der Waals surface area contributed by atoms with Crippen LogP contribution in [0, 0.1) is 5.82 Å². The topological polar surface area (TPSA) is 47.3 Å². The van der Waals surface area contributed by atoms with Gasteiger partial charge in [-0.15, -0.1) is 0 Å². The summed E-state index contributed by atoms with van der Waals surface area (Å²) in [5, 5.41) is 3.84. The molecule has 0 bridgehead atoms. The van der Waals surface area contributed by atoms with E-state index in [2.05, 4.69) is 5.32 Å². The first kappa shape index (κ1) is 15.4. The first-order valence-corrected chi connectivity index (χ1v) is 7.18. The van der Waals surface area contributed by atoms with Crippen LogP contribution in [-0.2, 0) is 6.54 Å². The van der Waals surface area contributed by atoms with Gasteiger partial charge in [-0.1, -0.05) is 30.7 Å². The average Bonchev–Trinajstić information content (AvgIpc) is 2.45. The van der Waals surface area contributed by atoms with E-state index in [1.54, 1.807) is 6.07 Å². The molecule has 0 spiro atoms. The lowest BCUT2D eigenvalue weighted by Gasteiger charge is -2.13. The SMILES string of the molecule is CCCOc1cc(NCc2cccc(Cl)c2)c(N)cc1F. The second kappa shape index (κ2) is 7.18. The maximum Gasteiger partial charge on any atom is 0.167 e. The van der Waals surface area contributed by atoms with Crippen LogP contribution in [0.4, 0.5) is 15.8 Å². The van der Waals surface area contributed by atoms with Gasteiger partial charge in [0.25, 0.3) is 0 Å². The molecule has 2 rings (SSSR count). The summed E-state index contributed by atoms with van der Waals surface area (Å²) in [5.74, 6) is -0.242. The molecule has 0 fully saturated rings. The van der Waals surface area contributed by atoms with Gasteiger partial charge in [0.2, 0.25) is 0 Å². The molecule has 2 aromatic carbocycles. The average molecular weight is 309 g/mol. The van der Waals surface area contributed by atoms with Gasteiger partial charge in [0.1, 0.15) is 0 Å². The molecule has 112 valence electrons. The summed E-state index contributed by atoms with van der Waals surface area (Å²) >= 11 is 5.94. The number of hydrogen-bond acceptors (Lipinski definition) is 3. The molecule has 0 aromatic heterocycles. The van der Waals surface area contributed by atoms with E-state index < -0.39 is 5.82 Å². The highest BCUT2D eigenvalue weighted by molar-refractivity contribution is 6.30. The molecule has 3 nitrogen and oxygen atoms in total. The standard InChI is InChI=1S/C16H18ClFN2O/c1-2-6-21-16-9-15(14(19)8-13(16)18)20-10-11-4-3-5-12(17)7-11/h3-5,7-9,20H,2,6,10,19H2,1H3. The van der Waals surface area contributed by atoms with Crippen LogP contribution in [0.15, 0.2) is 36.4 Å². The van der Waals surface area contributed by atoms with Gasteiger partial charge >= 0.3 is 0 Å². The van der Waals surface area contributed by atoms with Crippen molar-refractivity contribution in [1.82, 2.24) is 0 Å². The molecule has 0 atom stereocenters. The number of nitrogens with two attached hydrogens (primary N) is 1. The van der Waals surface area contributed by atoms with Gasteiger partial charge in [0.05, 0.1) is 18.0 Å². The Bertz CT molecular complexity index is 619. The monoisotopic (exact) mass is 308 g/mol. The van der Waals surface area contributed by atoms with Crippen molar-refractivity contribution in [1.29, 1.82) is 0 Å². The van der Waals surface area contributed by atoms with Gasteiger partial charge in [0.15, 0.2) is 11.6 Å². The zero-order chi connectivity index (χ0) is 15.2. The first-order chi connectivity index (χ1) is 10.1. The molecule has 0 unspecified atom stereocenters. The van der Waals surface area contributed by atoms with Crippen molar-refractivity contribution in [2.75, 3.05) is 17.7 Å². The molecule has 0 radical (unpaired) electrons. The van der Waals surface area contributed by atoms with E-state index in [0.29, 0.717) is 29.5 Å². The highest BCUT2D eigenvalue weighted by Crippen LogP contribution is 2.28. The minimum Gasteiger partial charge on any atom is -0.490 e. The minimum atomic E-state index is -0.450. The van der Waals surface area contributed by atoms with Crippen molar-refractivity contribution in [3.63, 3.8) is 0 Å². The van der Waals surface area contributed by atoms with E-state index in [-0.39, 0.29) is 5.75 Å². The lowest BCUT2D eigenvalue weighted by Crippen LogP contribution is -2.05. The zero-order valence-corrected chi connectivity index (χ0v) is 12.6. The fourth-order valence-electron chi connectivity index (χ4n) is 1.89. The summed E-state index contributed by atoms with van der Waals surface area (Å²) in [6, 6.07) is 10.4. The summed E-state index contributed by atoms with van der Waals surface area (Å²) in [7, 11) is 0. The van der Waals surface area contributed by atoms with Gasteiger partial charge in [-0.05, 0) is 24.1 Å². The highest BCUT2D eigenvalue weighted by atomic mass is 35.5. The van der Waals surface area contributed by atoms with Crippen LogP contribution in [0.2, 0.25) is 5.02 Å². The van der Waals surface area contributed by atoms with Crippen LogP contribution >= 0.6 is 11.6 Å². The van der Waals surface area contributed by atoms with E-state index in [1.807, 2.05) is 31.2 Å². The lowest BCUT2D eigenvalue weighted by molar-refractivity contribution is 0.301. The van der Waals surface area contributed by atoms with Crippen molar-refractivity contribution in [2.24, 2.45) is 0 Å². The molecular formula is C16H18ClFN2O. The molecule has 0 aliphatic heterocycles. The van der Waals surface area contributed by atoms with Gasteiger partial charge in [-0.2, -0.15) is 0 Å². The summed E-state index contributed by atoms with van der Waals surface area (Å²) in [5.41, 5.74) is 7.83. The van der Waals surface area contributed by atoms with E-state index in [9.17, 15) is 4.39 Å². The summed E-state index contributed by atoms with van der Waals surface area (Å²) < 4.78 is 19.1. The Hall–Kier alpha value is -1.94. The highest BCUT2D eigenvalue weighted by Gasteiger charge is 2.09. The third kappa shape index (κ3) is 4.26.